The van der Waals surface area contributed by atoms with Gasteiger partial charge in [-0.2, -0.15) is 13.7 Å². The highest BCUT2D eigenvalue weighted by Crippen LogP contribution is 2.54. The molecule has 1 aromatic rings. The maximum absolute atomic E-state index is 12.6. The van der Waals surface area contributed by atoms with Gasteiger partial charge >= 0.3 is 16.1 Å². The summed E-state index contributed by atoms with van der Waals surface area (Å²) in [6, 6.07) is 6.75. The summed E-state index contributed by atoms with van der Waals surface area (Å²) in [7, 11) is -3.67. The SMILES string of the molecule is CC1=C(C)C[C@]2(C#N)C(=O)Oc3cc(OS(C)(=O)=O)ccc3[C@@H]2C1. The Morgan fingerprint density at radius 3 is 2.67 bits per heavy atom. The Morgan fingerprint density at radius 2 is 2.04 bits per heavy atom. The van der Waals surface area contributed by atoms with Gasteiger partial charge in [0.15, 0.2) is 5.41 Å². The highest BCUT2D eigenvalue weighted by molar-refractivity contribution is 7.86. The third-order valence-electron chi connectivity index (χ3n) is 4.75. The summed E-state index contributed by atoms with van der Waals surface area (Å²) >= 11 is 0. The number of nitrogens with zero attached hydrogens (tertiary/aromatic N) is 1. The number of hydrogen-bond acceptors (Lipinski definition) is 6. The molecule has 0 saturated heterocycles. The minimum absolute atomic E-state index is 0.0766. The third-order valence-corrected chi connectivity index (χ3v) is 5.25. The quantitative estimate of drug-likeness (QED) is 0.353. The molecular formula is C17H17NO5S. The van der Waals surface area contributed by atoms with E-state index in [-0.39, 0.29) is 17.4 Å². The zero-order chi connectivity index (χ0) is 17.7. The van der Waals surface area contributed by atoms with E-state index in [4.69, 9.17) is 8.92 Å². The van der Waals surface area contributed by atoms with Crippen LogP contribution < -0.4 is 8.92 Å². The molecule has 6 nitrogen and oxygen atoms in total. The lowest BCUT2D eigenvalue weighted by Crippen LogP contribution is -2.45. The zero-order valence-corrected chi connectivity index (χ0v) is 14.4. The fourth-order valence-corrected chi connectivity index (χ4v) is 3.86. The number of nitriles is 1. The largest absolute Gasteiger partial charge is 0.425 e. The van der Waals surface area contributed by atoms with E-state index in [1.165, 1.54) is 12.1 Å². The molecule has 2 aliphatic rings. The predicted octanol–water partition coefficient (Wildman–Crippen LogP) is 2.67. The van der Waals surface area contributed by atoms with E-state index in [2.05, 4.69) is 6.07 Å². The summed E-state index contributed by atoms with van der Waals surface area (Å²) in [5, 5.41) is 9.71. The first-order chi connectivity index (χ1) is 11.2. The van der Waals surface area contributed by atoms with Crippen LogP contribution >= 0.6 is 0 Å². The van der Waals surface area contributed by atoms with Crippen LogP contribution in [0.4, 0.5) is 0 Å². The average molecular weight is 347 g/mol. The van der Waals surface area contributed by atoms with Gasteiger partial charge in [0.1, 0.15) is 11.5 Å². The van der Waals surface area contributed by atoms with Gasteiger partial charge in [0.05, 0.1) is 12.3 Å². The Bertz CT molecular complexity index is 909. The van der Waals surface area contributed by atoms with Gasteiger partial charge < -0.3 is 8.92 Å². The summed E-state index contributed by atoms with van der Waals surface area (Å²) in [6.45, 7) is 3.92. The highest BCUT2D eigenvalue weighted by atomic mass is 32.2. The number of benzene rings is 1. The molecule has 2 atom stereocenters. The molecule has 0 aromatic heterocycles. The van der Waals surface area contributed by atoms with E-state index in [1.54, 1.807) is 6.07 Å². The Labute approximate surface area is 140 Å². The van der Waals surface area contributed by atoms with Gasteiger partial charge in [0.2, 0.25) is 0 Å². The first-order valence-corrected chi connectivity index (χ1v) is 9.30. The van der Waals surface area contributed by atoms with Crippen molar-refractivity contribution in [3.8, 4) is 17.6 Å². The maximum atomic E-state index is 12.6. The fourth-order valence-electron chi connectivity index (χ4n) is 3.41. The van der Waals surface area contributed by atoms with Crippen LogP contribution in [0.15, 0.2) is 29.3 Å². The number of carbonyl (C=O) groups excluding carboxylic acids is 1. The third kappa shape index (κ3) is 2.57. The normalized spacial score (nSPS) is 26.1. The molecule has 3 rings (SSSR count). The Balaban J connectivity index is 2.11. The second-order valence-corrected chi connectivity index (χ2v) is 8.03. The first kappa shape index (κ1) is 16.5. The van der Waals surface area contributed by atoms with E-state index in [1.807, 2.05) is 13.8 Å². The standard InChI is InChI=1S/C17H17NO5S/c1-10-6-14-13-5-4-12(23-24(3,20)21)7-15(13)22-16(19)17(14,9-18)8-11(10)2/h4-5,7,14H,6,8H2,1-3H3/t14-,17+/m0/s1. The second kappa shape index (κ2) is 5.35. The summed E-state index contributed by atoms with van der Waals surface area (Å²) in [4.78, 5) is 12.6. The van der Waals surface area contributed by atoms with Crippen molar-refractivity contribution < 1.29 is 22.1 Å². The van der Waals surface area contributed by atoms with Crippen LogP contribution in [0.25, 0.3) is 0 Å². The summed E-state index contributed by atoms with van der Waals surface area (Å²) in [6.07, 6.45) is 1.88. The van der Waals surface area contributed by atoms with Crippen molar-refractivity contribution in [1.82, 2.24) is 0 Å². The minimum atomic E-state index is -3.67. The molecule has 0 unspecified atom stereocenters. The molecule has 126 valence electrons. The predicted molar refractivity (Wildman–Crippen MR) is 85.9 cm³/mol. The molecule has 1 aliphatic carbocycles. The molecule has 1 aliphatic heterocycles. The Hall–Kier alpha value is -2.33. The molecule has 0 fully saturated rings. The van der Waals surface area contributed by atoms with E-state index in [0.717, 1.165) is 23.0 Å². The van der Waals surface area contributed by atoms with Crippen molar-refractivity contribution in [1.29, 1.82) is 5.26 Å². The van der Waals surface area contributed by atoms with Crippen molar-refractivity contribution in [2.45, 2.75) is 32.6 Å². The fraction of sp³-hybridized carbons (Fsp3) is 0.412. The van der Waals surface area contributed by atoms with Gasteiger partial charge in [0, 0.05) is 17.5 Å². The van der Waals surface area contributed by atoms with Crippen molar-refractivity contribution in [3.05, 3.63) is 34.9 Å². The lowest BCUT2D eigenvalue weighted by atomic mass is 9.62. The molecule has 0 N–H and O–H groups in total. The molecule has 1 aromatic carbocycles. The molecule has 24 heavy (non-hydrogen) atoms. The first-order valence-electron chi connectivity index (χ1n) is 7.48. The van der Waals surface area contributed by atoms with Crippen LogP contribution in [-0.4, -0.2) is 20.6 Å². The number of carbonyl (C=O) groups is 1. The van der Waals surface area contributed by atoms with Crippen molar-refractivity contribution in [3.63, 3.8) is 0 Å². The average Bonchev–Trinajstić information content (AvgIpc) is 2.47. The van der Waals surface area contributed by atoms with Crippen LogP contribution in [0.2, 0.25) is 0 Å². The van der Waals surface area contributed by atoms with Crippen molar-refractivity contribution in [2.75, 3.05) is 6.26 Å². The van der Waals surface area contributed by atoms with Gasteiger partial charge in [-0.15, -0.1) is 0 Å². The molecule has 7 heteroatoms. The molecule has 0 amide bonds. The summed E-state index contributed by atoms with van der Waals surface area (Å²) < 4.78 is 32.7. The highest BCUT2D eigenvalue weighted by Gasteiger charge is 2.54. The topological polar surface area (TPSA) is 93.5 Å². The van der Waals surface area contributed by atoms with Crippen molar-refractivity contribution in [2.24, 2.45) is 5.41 Å². The number of esters is 1. The minimum Gasteiger partial charge on any atom is -0.425 e. The van der Waals surface area contributed by atoms with Gasteiger partial charge in [-0.3, -0.25) is 0 Å². The lowest BCUT2D eigenvalue weighted by Gasteiger charge is -2.41. The zero-order valence-electron chi connectivity index (χ0n) is 13.6. The van der Waals surface area contributed by atoms with Crippen LogP contribution in [0, 0.1) is 16.7 Å². The monoisotopic (exact) mass is 347 g/mol. The number of hydrogen-bond donors (Lipinski definition) is 0. The molecule has 0 radical (unpaired) electrons. The summed E-state index contributed by atoms with van der Waals surface area (Å²) in [5.74, 6) is -0.572. The second-order valence-electron chi connectivity index (χ2n) is 6.45. The number of rotatable bonds is 2. The molecule has 0 spiro atoms. The maximum Gasteiger partial charge on any atom is 0.332 e. The Morgan fingerprint density at radius 1 is 1.33 bits per heavy atom. The van der Waals surface area contributed by atoms with Gasteiger partial charge in [-0.1, -0.05) is 17.2 Å². The molecule has 0 bridgehead atoms. The lowest BCUT2D eigenvalue weighted by molar-refractivity contribution is -0.146. The molecular weight excluding hydrogens is 330 g/mol. The van der Waals surface area contributed by atoms with Crippen LogP contribution in [0.5, 0.6) is 11.5 Å². The number of ether oxygens (including phenoxy) is 1. The Kier molecular flexibility index (Phi) is 3.68. The van der Waals surface area contributed by atoms with Crippen LogP contribution in [-0.2, 0) is 14.9 Å². The van der Waals surface area contributed by atoms with Gasteiger partial charge in [-0.05, 0) is 32.8 Å². The van der Waals surface area contributed by atoms with E-state index in [0.29, 0.717) is 12.8 Å². The smallest absolute Gasteiger partial charge is 0.332 e. The number of fused-ring (bicyclic) bond motifs is 3. The van der Waals surface area contributed by atoms with Gasteiger partial charge in [-0.25, -0.2) is 4.79 Å². The van der Waals surface area contributed by atoms with Crippen LogP contribution in [0.3, 0.4) is 0 Å². The van der Waals surface area contributed by atoms with E-state index in [9.17, 15) is 18.5 Å². The van der Waals surface area contributed by atoms with Crippen molar-refractivity contribution >= 4 is 16.1 Å². The molecule has 0 saturated carbocycles. The van der Waals surface area contributed by atoms with Crippen LogP contribution in [0.1, 0.15) is 38.2 Å². The molecule has 1 heterocycles. The van der Waals surface area contributed by atoms with E-state index < -0.39 is 21.5 Å². The van der Waals surface area contributed by atoms with Gasteiger partial charge in [0.25, 0.3) is 0 Å². The number of allylic oxidation sites excluding steroid dienone is 2. The van der Waals surface area contributed by atoms with E-state index >= 15 is 0 Å². The summed E-state index contributed by atoms with van der Waals surface area (Å²) in [5.41, 5.74) is 1.69.